The number of hydrogen-bond acceptors (Lipinski definition) is 6. The lowest BCUT2D eigenvalue weighted by molar-refractivity contribution is -0.123. The molecule has 1 heterocycles. The summed E-state index contributed by atoms with van der Waals surface area (Å²) in [6.45, 7) is 4.32. The third-order valence-electron chi connectivity index (χ3n) is 5.67. The van der Waals surface area contributed by atoms with E-state index in [0.717, 1.165) is 32.2 Å². The van der Waals surface area contributed by atoms with Gasteiger partial charge in [-0.25, -0.2) is 4.39 Å². The quantitative estimate of drug-likeness (QED) is 0.192. The van der Waals surface area contributed by atoms with Crippen LogP contribution in [0.15, 0.2) is 59.5 Å². The summed E-state index contributed by atoms with van der Waals surface area (Å²) in [5.74, 6) is 0.939. The van der Waals surface area contributed by atoms with Crippen LogP contribution in [-0.2, 0) is 11.4 Å². The van der Waals surface area contributed by atoms with Crippen LogP contribution in [0, 0.1) is 23.2 Å². The molecule has 3 aromatic carbocycles. The number of imide groups is 1. The summed E-state index contributed by atoms with van der Waals surface area (Å²) >= 11 is 2.99. The summed E-state index contributed by atoms with van der Waals surface area (Å²) in [5.41, 5.74) is 3.17. The molecule has 0 unspecified atom stereocenters. The number of ether oxygens (including phenoxy) is 3. The van der Waals surface area contributed by atoms with Gasteiger partial charge >= 0.3 is 0 Å². The second-order valence-corrected chi connectivity index (χ2v) is 10.5. The van der Waals surface area contributed by atoms with Gasteiger partial charge in [0, 0.05) is 5.56 Å². The van der Waals surface area contributed by atoms with E-state index < -0.39 is 0 Å². The number of hydrogen-bond donors (Lipinski definition) is 0. The van der Waals surface area contributed by atoms with Crippen LogP contribution < -0.4 is 14.2 Å². The van der Waals surface area contributed by atoms with Gasteiger partial charge in [-0.15, -0.1) is 0 Å². The van der Waals surface area contributed by atoms with Crippen molar-refractivity contribution < 1.29 is 28.2 Å². The molecule has 0 bridgehead atoms. The van der Waals surface area contributed by atoms with E-state index in [2.05, 4.69) is 22.6 Å². The molecule has 4 rings (SSSR count). The van der Waals surface area contributed by atoms with Crippen molar-refractivity contribution in [2.75, 3.05) is 20.3 Å². The van der Waals surface area contributed by atoms with Crippen molar-refractivity contribution in [3.63, 3.8) is 0 Å². The van der Waals surface area contributed by atoms with Crippen LogP contribution in [-0.4, -0.2) is 36.3 Å². The molecule has 1 saturated heterocycles. The van der Waals surface area contributed by atoms with Crippen LogP contribution in [0.3, 0.4) is 0 Å². The molecule has 0 radical (unpaired) electrons. The highest BCUT2D eigenvalue weighted by atomic mass is 127. The first-order valence-corrected chi connectivity index (χ1v) is 13.4. The molecule has 37 heavy (non-hydrogen) atoms. The zero-order valence-electron chi connectivity index (χ0n) is 20.5. The first-order chi connectivity index (χ1) is 17.8. The number of aryl methyl sites for hydroxylation is 2. The highest BCUT2D eigenvalue weighted by molar-refractivity contribution is 14.1. The van der Waals surface area contributed by atoms with Gasteiger partial charge in [-0.1, -0.05) is 30.3 Å². The fourth-order valence-electron chi connectivity index (χ4n) is 3.68. The molecule has 0 N–H and O–H groups in total. The van der Waals surface area contributed by atoms with Crippen molar-refractivity contribution in [1.82, 2.24) is 4.90 Å². The van der Waals surface area contributed by atoms with Crippen molar-refractivity contribution in [3.8, 4) is 17.2 Å². The number of amides is 2. The van der Waals surface area contributed by atoms with Crippen LogP contribution in [0.2, 0.25) is 0 Å². The number of nitrogens with zero attached hydrogens (tertiary/aromatic N) is 1. The largest absolute Gasteiger partial charge is 0.493 e. The van der Waals surface area contributed by atoms with E-state index >= 15 is 0 Å². The molecule has 6 nitrogen and oxygen atoms in total. The maximum atomic E-state index is 14.0. The summed E-state index contributed by atoms with van der Waals surface area (Å²) in [4.78, 5) is 27.0. The maximum absolute atomic E-state index is 14.0. The Hall–Kier alpha value is -3.05. The van der Waals surface area contributed by atoms with Crippen molar-refractivity contribution in [1.29, 1.82) is 0 Å². The number of thioether (sulfide) groups is 1. The third kappa shape index (κ3) is 6.45. The predicted molar refractivity (Wildman–Crippen MR) is 151 cm³/mol. The minimum Gasteiger partial charge on any atom is -0.493 e. The van der Waals surface area contributed by atoms with Gasteiger partial charge in [0.15, 0.2) is 11.5 Å². The van der Waals surface area contributed by atoms with Gasteiger partial charge in [-0.2, -0.15) is 0 Å². The van der Waals surface area contributed by atoms with E-state index in [4.69, 9.17) is 14.2 Å². The second kappa shape index (κ2) is 12.0. The predicted octanol–water partition coefficient (Wildman–Crippen LogP) is 6.75. The summed E-state index contributed by atoms with van der Waals surface area (Å²) in [7, 11) is 1.51. The molecule has 0 saturated carbocycles. The highest BCUT2D eigenvalue weighted by Crippen LogP contribution is 2.37. The van der Waals surface area contributed by atoms with Gasteiger partial charge in [-0.05, 0) is 95.2 Å². The topological polar surface area (TPSA) is 65.1 Å². The van der Waals surface area contributed by atoms with E-state index in [-0.39, 0.29) is 36.7 Å². The normalized spacial score (nSPS) is 14.4. The first-order valence-electron chi connectivity index (χ1n) is 11.5. The fourth-order valence-corrected chi connectivity index (χ4v) is 5.33. The minimum atomic E-state index is -0.367. The van der Waals surface area contributed by atoms with E-state index in [1.54, 1.807) is 30.3 Å². The van der Waals surface area contributed by atoms with E-state index in [1.165, 1.54) is 18.1 Å². The SMILES string of the molecule is COc1cc(/C=C2\SC(=O)N(CCOc3cc(C)ccc3C)C2=O)cc(I)c1OCc1ccccc1F. The molecule has 1 aliphatic heterocycles. The second-order valence-electron chi connectivity index (χ2n) is 8.36. The summed E-state index contributed by atoms with van der Waals surface area (Å²) in [5, 5.41) is -0.340. The van der Waals surface area contributed by atoms with Crippen LogP contribution in [0.1, 0.15) is 22.3 Å². The van der Waals surface area contributed by atoms with E-state index in [9.17, 15) is 14.0 Å². The van der Waals surface area contributed by atoms with Crippen LogP contribution in [0.5, 0.6) is 17.2 Å². The maximum Gasteiger partial charge on any atom is 0.293 e. The Balaban J connectivity index is 1.45. The van der Waals surface area contributed by atoms with Gasteiger partial charge < -0.3 is 14.2 Å². The highest BCUT2D eigenvalue weighted by Gasteiger charge is 2.35. The average molecular weight is 633 g/mol. The lowest BCUT2D eigenvalue weighted by Crippen LogP contribution is -2.32. The molecule has 0 atom stereocenters. The Kier molecular flexibility index (Phi) is 8.75. The zero-order chi connectivity index (χ0) is 26.5. The lowest BCUT2D eigenvalue weighted by atomic mass is 10.1. The Morgan fingerprint density at radius 3 is 2.57 bits per heavy atom. The monoisotopic (exact) mass is 633 g/mol. The van der Waals surface area contributed by atoms with Crippen molar-refractivity contribution in [2.45, 2.75) is 20.5 Å². The molecular formula is C28H25FINO5S. The van der Waals surface area contributed by atoms with E-state index in [0.29, 0.717) is 27.5 Å². The van der Waals surface area contributed by atoms with Crippen molar-refractivity contribution in [2.24, 2.45) is 0 Å². The Morgan fingerprint density at radius 1 is 1.03 bits per heavy atom. The standard InChI is InChI=1S/C28H25FINO5S/c1-17-8-9-18(2)23(12-17)35-11-10-31-27(32)25(37-28(31)33)15-19-13-22(30)26(24(14-19)34-3)36-16-20-6-4-5-7-21(20)29/h4-9,12-15H,10-11,16H2,1-3H3/b25-15-. The Morgan fingerprint density at radius 2 is 1.81 bits per heavy atom. The molecule has 0 spiro atoms. The number of halogens is 2. The van der Waals surface area contributed by atoms with Gasteiger partial charge in [-0.3, -0.25) is 14.5 Å². The van der Waals surface area contributed by atoms with Gasteiger partial charge in [0.2, 0.25) is 0 Å². The molecule has 3 aromatic rings. The van der Waals surface area contributed by atoms with Crippen LogP contribution >= 0.6 is 34.4 Å². The third-order valence-corrected chi connectivity index (χ3v) is 7.38. The molecule has 9 heteroatoms. The summed E-state index contributed by atoms with van der Waals surface area (Å²) < 4.78 is 31.9. The van der Waals surface area contributed by atoms with Gasteiger partial charge in [0.1, 0.15) is 24.8 Å². The molecule has 192 valence electrons. The smallest absolute Gasteiger partial charge is 0.293 e. The fraction of sp³-hybridized carbons (Fsp3) is 0.214. The lowest BCUT2D eigenvalue weighted by Gasteiger charge is -2.15. The molecule has 0 aromatic heterocycles. The number of carbonyl (C=O) groups excluding carboxylic acids is 2. The Labute approximate surface area is 232 Å². The molecule has 1 aliphatic rings. The molecule has 0 aliphatic carbocycles. The zero-order valence-corrected chi connectivity index (χ0v) is 23.5. The number of benzene rings is 3. The summed E-state index contributed by atoms with van der Waals surface area (Å²) in [6.07, 6.45) is 1.65. The minimum absolute atomic E-state index is 0.0431. The number of methoxy groups -OCH3 is 1. The van der Waals surface area contributed by atoms with Crippen LogP contribution in [0.25, 0.3) is 6.08 Å². The van der Waals surface area contributed by atoms with E-state index in [1.807, 2.05) is 38.1 Å². The molecule has 2 amide bonds. The van der Waals surface area contributed by atoms with Crippen LogP contribution in [0.4, 0.5) is 9.18 Å². The Bertz CT molecular complexity index is 1380. The van der Waals surface area contributed by atoms with Crippen molar-refractivity contribution in [3.05, 3.63) is 91.1 Å². The molecule has 1 fully saturated rings. The number of rotatable bonds is 9. The van der Waals surface area contributed by atoms with Gasteiger partial charge in [0.25, 0.3) is 11.1 Å². The van der Waals surface area contributed by atoms with Crippen molar-refractivity contribution >= 4 is 51.6 Å². The molecular weight excluding hydrogens is 608 g/mol. The first kappa shape index (κ1) is 27.0. The average Bonchev–Trinajstić information content (AvgIpc) is 3.13. The van der Waals surface area contributed by atoms with Gasteiger partial charge in [0.05, 0.1) is 22.1 Å². The summed E-state index contributed by atoms with van der Waals surface area (Å²) in [6, 6.07) is 15.9. The number of carbonyl (C=O) groups is 2.